The van der Waals surface area contributed by atoms with Crippen LogP contribution in [-0.4, -0.2) is 29.4 Å². The predicted octanol–water partition coefficient (Wildman–Crippen LogP) is 0.702. The molecule has 1 rings (SSSR count). The predicted molar refractivity (Wildman–Crippen MR) is 47.8 cm³/mol. The molecule has 0 aliphatic carbocycles. The van der Waals surface area contributed by atoms with Gasteiger partial charge in [-0.25, -0.2) is 0 Å². The summed E-state index contributed by atoms with van der Waals surface area (Å²) >= 11 is 0. The third-order valence-corrected chi connectivity index (χ3v) is 2.33. The Morgan fingerprint density at radius 1 is 1.50 bits per heavy atom. The molecule has 1 saturated heterocycles. The summed E-state index contributed by atoms with van der Waals surface area (Å²) in [7, 11) is 3.51. The van der Waals surface area contributed by atoms with E-state index >= 15 is 0 Å². The highest BCUT2D eigenvalue weighted by atomic mass is 31.0. The normalized spacial score (nSPS) is 23.0. The number of piperidine rings is 1. The van der Waals surface area contributed by atoms with Crippen LogP contribution in [0.25, 0.3) is 0 Å². The van der Waals surface area contributed by atoms with Gasteiger partial charge in [0.2, 0.25) is 0 Å². The zero-order valence-electron chi connectivity index (χ0n) is 6.43. The maximum Gasteiger partial charge on any atom is 0.0112 e. The maximum atomic E-state index is 5.75. The van der Waals surface area contributed by atoms with E-state index < -0.39 is 0 Å². The number of rotatable bonds is 1. The molecule has 0 atom stereocenters. The quantitative estimate of drug-likeness (QED) is 0.569. The number of hydrogen-bond acceptors (Lipinski definition) is 1. The van der Waals surface area contributed by atoms with Gasteiger partial charge < -0.3 is 5.73 Å². The van der Waals surface area contributed by atoms with Gasteiger partial charge in [-0.2, -0.15) is 0 Å². The molecule has 2 N–H and O–H groups in total. The monoisotopic (exact) mass is 158 g/mol. The average Bonchev–Trinajstić information content (AvgIpc) is 1.88. The standard InChI is InChI=1S/C7H15N2P/c1-6(10)9-4-2-7(8)3-5-9/h7,10H,2-5,8H2,1H3. The largest absolute Gasteiger partial charge is 0.328 e. The summed E-state index contributed by atoms with van der Waals surface area (Å²) in [6, 6.07) is 0.433. The molecule has 0 aromatic carbocycles. The van der Waals surface area contributed by atoms with Crippen LogP contribution in [0.3, 0.4) is 0 Å². The van der Waals surface area contributed by atoms with E-state index in [1.54, 1.807) is 0 Å². The molecule has 0 radical (unpaired) electrons. The van der Waals surface area contributed by atoms with E-state index in [1.165, 1.54) is 5.42 Å². The van der Waals surface area contributed by atoms with E-state index in [2.05, 4.69) is 20.7 Å². The summed E-state index contributed by atoms with van der Waals surface area (Å²) in [5, 5.41) is 0. The second-order valence-corrected chi connectivity index (χ2v) is 3.63. The van der Waals surface area contributed by atoms with Gasteiger partial charge in [0.15, 0.2) is 0 Å². The highest BCUT2D eigenvalue weighted by Crippen LogP contribution is 2.08. The van der Waals surface area contributed by atoms with Crippen LogP contribution in [0.5, 0.6) is 0 Å². The molecule has 0 bridgehead atoms. The fourth-order valence-corrected chi connectivity index (χ4v) is 1.46. The lowest BCUT2D eigenvalue weighted by atomic mass is 10.1. The molecule has 3 heteroatoms. The first-order valence-electron chi connectivity index (χ1n) is 3.76. The SMILES string of the molecule is CC(=P)N1CCC(N)CC1. The highest BCUT2D eigenvalue weighted by Gasteiger charge is 2.15. The summed E-state index contributed by atoms with van der Waals surface area (Å²) in [4.78, 5) is 2.32. The van der Waals surface area contributed by atoms with Crippen molar-refractivity contribution in [3.63, 3.8) is 0 Å². The first kappa shape index (κ1) is 8.19. The summed E-state index contributed by atoms with van der Waals surface area (Å²) in [6.07, 6.45) is 2.25. The Labute approximate surface area is 64.6 Å². The molecule has 2 nitrogen and oxygen atoms in total. The summed E-state index contributed by atoms with van der Waals surface area (Å²) in [6.45, 7) is 4.29. The van der Waals surface area contributed by atoms with Gasteiger partial charge in [-0.3, -0.25) is 4.90 Å². The van der Waals surface area contributed by atoms with Crippen molar-refractivity contribution in [2.75, 3.05) is 13.1 Å². The zero-order valence-corrected chi connectivity index (χ0v) is 7.43. The fourth-order valence-electron chi connectivity index (χ4n) is 1.23. The van der Waals surface area contributed by atoms with Gasteiger partial charge >= 0.3 is 0 Å². The van der Waals surface area contributed by atoms with Crippen LogP contribution >= 0.6 is 8.86 Å². The molecule has 0 spiro atoms. The highest BCUT2D eigenvalue weighted by molar-refractivity contribution is 7.20. The number of nitrogens with two attached hydrogens (primary N) is 1. The Balaban J connectivity index is 2.33. The molecule has 1 heterocycles. The first-order chi connectivity index (χ1) is 4.70. The van der Waals surface area contributed by atoms with E-state index in [0.717, 1.165) is 25.9 Å². The fraction of sp³-hybridized carbons (Fsp3) is 0.857. The van der Waals surface area contributed by atoms with Crippen LogP contribution in [-0.2, 0) is 0 Å². The topological polar surface area (TPSA) is 29.3 Å². The number of likely N-dealkylation sites (tertiary alicyclic amines) is 1. The van der Waals surface area contributed by atoms with Crippen molar-refractivity contribution in [1.29, 1.82) is 0 Å². The lowest BCUT2D eigenvalue weighted by Crippen LogP contribution is -2.41. The number of hydrogen-bond donors (Lipinski definition) is 1. The maximum absolute atomic E-state index is 5.75. The molecule has 58 valence electrons. The van der Waals surface area contributed by atoms with E-state index in [4.69, 9.17) is 5.73 Å². The van der Waals surface area contributed by atoms with Gasteiger partial charge in [-0.05, 0) is 19.8 Å². The summed E-state index contributed by atoms with van der Waals surface area (Å²) in [5.74, 6) is 0. The summed E-state index contributed by atoms with van der Waals surface area (Å²) < 4.78 is 0. The minimum Gasteiger partial charge on any atom is -0.328 e. The summed E-state index contributed by atoms with van der Waals surface area (Å²) in [5.41, 5.74) is 6.97. The van der Waals surface area contributed by atoms with Crippen molar-refractivity contribution in [2.45, 2.75) is 25.8 Å². The van der Waals surface area contributed by atoms with Gasteiger partial charge in [0.05, 0.1) is 0 Å². The third-order valence-electron chi connectivity index (χ3n) is 2.01. The molecule has 1 aliphatic heterocycles. The molecule has 0 aromatic rings. The van der Waals surface area contributed by atoms with Gasteiger partial charge in [-0.1, -0.05) is 0 Å². The minimum atomic E-state index is 0.433. The molecular formula is C7H15N2P. The van der Waals surface area contributed by atoms with Crippen molar-refractivity contribution in [2.24, 2.45) is 5.73 Å². The molecular weight excluding hydrogens is 143 g/mol. The van der Waals surface area contributed by atoms with Crippen molar-refractivity contribution < 1.29 is 0 Å². The van der Waals surface area contributed by atoms with Crippen LogP contribution in [0.1, 0.15) is 19.8 Å². The van der Waals surface area contributed by atoms with Crippen LogP contribution in [0, 0.1) is 0 Å². The Bertz CT molecular complexity index is 128. The van der Waals surface area contributed by atoms with Crippen LogP contribution in [0.2, 0.25) is 0 Å². The first-order valence-corrected chi connectivity index (χ1v) is 4.26. The van der Waals surface area contributed by atoms with Gasteiger partial charge in [0.1, 0.15) is 0 Å². The van der Waals surface area contributed by atoms with Crippen LogP contribution < -0.4 is 5.73 Å². The van der Waals surface area contributed by atoms with Gasteiger partial charge in [0, 0.05) is 24.5 Å². The van der Waals surface area contributed by atoms with Crippen molar-refractivity contribution >= 4 is 14.3 Å². The molecule has 0 amide bonds. The molecule has 0 aromatic heterocycles. The molecule has 10 heavy (non-hydrogen) atoms. The lowest BCUT2D eigenvalue weighted by Gasteiger charge is -2.29. The van der Waals surface area contributed by atoms with E-state index in [0.29, 0.717) is 6.04 Å². The van der Waals surface area contributed by atoms with Crippen LogP contribution in [0.4, 0.5) is 0 Å². The Kier molecular flexibility index (Phi) is 2.84. The number of nitrogens with zero attached hydrogens (tertiary/aromatic N) is 1. The second kappa shape index (κ2) is 3.47. The molecule has 1 aliphatic rings. The van der Waals surface area contributed by atoms with Crippen molar-refractivity contribution in [3.05, 3.63) is 0 Å². The van der Waals surface area contributed by atoms with Gasteiger partial charge in [0.25, 0.3) is 0 Å². The zero-order chi connectivity index (χ0) is 7.56. The minimum absolute atomic E-state index is 0.433. The molecule has 0 saturated carbocycles. The average molecular weight is 158 g/mol. The van der Waals surface area contributed by atoms with Crippen molar-refractivity contribution in [3.8, 4) is 0 Å². The lowest BCUT2D eigenvalue weighted by molar-refractivity contribution is 0.316. The Morgan fingerprint density at radius 2 is 2.00 bits per heavy atom. The smallest absolute Gasteiger partial charge is 0.0112 e. The van der Waals surface area contributed by atoms with E-state index in [1.807, 2.05) is 0 Å². The van der Waals surface area contributed by atoms with Gasteiger partial charge in [-0.15, -0.1) is 8.86 Å². The molecule has 0 unspecified atom stereocenters. The molecule has 1 fully saturated rings. The van der Waals surface area contributed by atoms with E-state index in [9.17, 15) is 0 Å². The second-order valence-electron chi connectivity index (χ2n) is 2.91. The van der Waals surface area contributed by atoms with E-state index in [-0.39, 0.29) is 0 Å². The Morgan fingerprint density at radius 3 is 2.40 bits per heavy atom. The third kappa shape index (κ3) is 2.05. The van der Waals surface area contributed by atoms with Crippen LogP contribution in [0.15, 0.2) is 0 Å². The Hall–Kier alpha value is 0.0900. The van der Waals surface area contributed by atoms with Crippen molar-refractivity contribution in [1.82, 2.24) is 4.90 Å².